The molecule has 0 N–H and O–H groups in total. The van der Waals surface area contributed by atoms with E-state index in [2.05, 4.69) is 56.7 Å². The van der Waals surface area contributed by atoms with E-state index < -0.39 is 0 Å². The van der Waals surface area contributed by atoms with Crippen molar-refractivity contribution in [3.05, 3.63) is 34.2 Å². The molecular formula is C14H16NS+. The zero-order valence-corrected chi connectivity index (χ0v) is 11.0. The summed E-state index contributed by atoms with van der Waals surface area (Å²) in [7, 11) is 2.20. The van der Waals surface area contributed by atoms with Crippen LogP contribution < -0.4 is 14.5 Å². The first-order valence-electron chi connectivity index (χ1n) is 5.63. The van der Waals surface area contributed by atoms with Crippen LogP contribution in [0.25, 0.3) is 15.7 Å². The highest BCUT2D eigenvalue weighted by atomic mass is 32.1. The smallest absolute Gasteiger partial charge is 0.222 e. The van der Waals surface area contributed by atoms with Crippen LogP contribution in [-0.2, 0) is 0 Å². The maximum absolute atomic E-state index is 2.41. The Bertz CT molecular complexity index is 704. The molecule has 0 saturated carbocycles. The molecule has 2 heteroatoms. The molecular weight excluding hydrogens is 214 g/mol. The lowest BCUT2D eigenvalue weighted by atomic mass is 9.98. The monoisotopic (exact) mass is 230 g/mol. The van der Waals surface area contributed by atoms with Crippen LogP contribution in [0.2, 0.25) is 0 Å². The van der Waals surface area contributed by atoms with Crippen molar-refractivity contribution >= 4 is 27.0 Å². The number of hydrogen-bond donors (Lipinski definition) is 0. The van der Waals surface area contributed by atoms with Gasteiger partial charge in [0.25, 0.3) is 0 Å². The third-order valence-electron chi connectivity index (χ3n) is 4.00. The third-order valence-corrected chi connectivity index (χ3v) is 5.28. The Balaban J connectivity index is 2.65. The van der Waals surface area contributed by atoms with Crippen LogP contribution >= 0.6 is 11.3 Å². The quantitative estimate of drug-likeness (QED) is 0.609. The van der Waals surface area contributed by atoms with Gasteiger partial charge in [-0.25, -0.2) is 4.58 Å². The number of hydrogen-bond acceptors (Lipinski definition) is 1. The van der Waals surface area contributed by atoms with Crippen molar-refractivity contribution in [2.45, 2.75) is 26.3 Å². The zero-order valence-electron chi connectivity index (χ0n) is 10.2. The fourth-order valence-corrected chi connectivity index (χ4v) is 3.82. The van der Waals surface area contributed by atoms with Gasteiger partial charge in [0.15, 0.2) is 5.54 Å². The molecule has 0 unspecified atom stereocenters. The Hall–Kier alpha value is -1.15. The Morgan fingerprint density at radius 1 is 1.19 bits per heavy atom. The summed E-state index contributed by atoms with van der Waals surface area (Å²) in [6, 6.07) is 8.70. The summed E-state index contributed by atoms with van der Waals surface area (Å²) in [5.74, 6) is 0. The first-order chi connectivity index (χ1) is 7.53. The van der Waals surface area contributed by atoms with Crippen LogP contribution in [0.3, 0.4) is 0 Å². The van der Waals surface area contributed by atoms with Gasteiger partial charge in [0.1, 0.15) is 11.6 Å². The molecule has 0 atom stereocenters. The minimum Gasteiger partial charge on any atom is -0.222 e. The van der Waals surface area contributed by atoms with E-state index in [9.17, 15) is 0 Å². The molecule has 0 aliphatic carbocycles. The normalized spacial score (nSPS) is 18.2. The second-order valence-corrected chi connectivity index (χ2v) is 6.07. The summed E-state index contributed by atoms with van der Waals surface area (Å²) in [6.07, 6.45) is 0. The van der Waals surface area contributed by atoms with E-state index in [4.69, 9.17) is 0 Å². The molecule has 1 aliphatic rings. The van der Waals surface area contributed by atoms with Crippen molar-refractivity contribution in [3.8, 4) is 0 Å². The highest BCUT2D eigenvalue weighted by molar-refractivity contribution is 7.17. The number of thiophene rings is 1. The van der Waals surface area contributed by atoms with Gasteiger partial charge >= 0.3 is 0 Å². The maximum atomic E-state index is 2.41. The Morgan fingerprint density at radius 2 is 1.88 bits per heavy atom. The molecule has 0 radical (unpaired) electrons. The molecule has 1 aromatic carbocycles. The van der Waals surface area contributed by atoms with Gasteiger partial charge in [0.05, 0.1) is 5.39 Å². The van der Waals surface area contributed by atoms with E-state index >= 15 is 0 Å². The highest BCUT2D eigenvalue weighted by Crippen LogP contribution is 2.23. The van der Waals surface area contributed by atoms with E-state index in [-0.39, 0.29) is 5.54 Å². The highest BCUT2D eigenvalue weighted by Gasteiger charge is 2.37. The standard InChI is InChI=1S/C14H16NS/c1-9-13-12(15(4)14(9,2)3)10-7-5-6-8-11(10)16-13/h5-8H,1-4H3/q+1. The van der Waals surface area contributed by atoms with Gasteiger partial charge in [-0.15, -0.1) is 11.3 Å². The van der Waals surface area contributed by atoms with Crippen molar-refractivity contribution in [3.63, 3.8) is 0 Å². The largest absolute Gasteiger partial charge is 0.226 e. The average Bonchev–Trinajstić information content (AvgIpc) is 2.71. The fraction of sp³-hybridized carbons (Fsp3) is 0.357. The van der Waals surface area contributed by atoms with Gasteiger partial charge in [0, 0.05) is 24.1 Å². The summed E-state index contributed by atoms with van der Waals surface area (Å²) < 4.78 is 5.28. The van der Waals surface area contributed by atoms with Crippen molar-refractivity contribution in [2.24, 2.45) is 0 Å². The summed E-state index contributed by atoms with van der Waals surface area (Å²) in [6.45, 7) is 6.85. The van der Waals surface area contributed by atoms with Crippen LogP contribution in [0.15, 0.2) is 24.3 Å². The third kappa shape index (κ3) is 1.03. The predicted octanol–water partition coefficient (Wildman–Crippen LogP) is 1.98. The van der Waals surface area contributed by atoms with Gasteiger partial charge in [0.2, 0.25) is 5.36 Å². The van der Waals surface area contributed by atoms with Crippen molar-refractivity contribution in [2.75, 3.05) is 7.05 Å². The van der Waals surface area contributed by atoms with Crippen LogP contribution in [0.4, 0.5) is 0 Å². The van der Waals surface area contributed by atoms with Gasteiger partial charge in [-0.1, -0.05) is 12.1 Å². The molecule has 2 heterocycles. The lowest BCUT2D eigenvalue weighted by Gasteiger charge is -2.16. The summed E-state index contributed by atoms with van der Waals surface area (Å²) in [5.41, 5.74) is 1.65. The number of rotatable bonds is 0. The molecule has 82 valence electrons. The molecule has 0 bridgehead atoms. The minimum absolute atomic E-state index is 0.158. The number of nitrogens with zero attached hydrogens (tertiary/aromatic N) is 1. The zero-order chi connectivity index (χ0) is 11.5. The SMILES string of the molecule is CC1=c2sc3ccccc3c2=[N+](C)C1(C)C. The second-order valence-electron chi connectivity index (χ2n) is 5.02. The molecule has 16 heavy (non-hydrogen) atoms. The Labute approximate surface area is 99.4 Å². The van der Waals surface area contributed by atoms with E-state index in [0.29, 0.717) is 0 Å². The molecule has 0 fully saturated rings. The summed E-state index contributed by atoms with van der Waals surface area (Å²) in [4.78, 5) is 0. The first kappa shape index (κ1) is 10.0. The maximum Gasteiger partial charge on any atom is 0.226 e. The number of fused-ring (bicyclic) bond motifs is 3. The second kappa shape index (κ2) is 2.95. The van der Waals surface area contributed by atoms with E-state index in [1.54, 1.807) is 0 Å². The van der Waals surface area contributed by atoms with Gasteiger partial charge < -0.3 is 0 Å². The van der Waals surface area contributed by atoms with Crippen molar-refractivity contribution in [1.82, 2.24) is 4.58 Å². The van der Waals surface area contributed by atoms with Gasteiger partial charge in [-0.3, -0.25) is 0 Å². The van der Waals surface area contributed by atoms with E-state index in [0.717, 1.165) is 0 Å². The average molecular weight is 230 g/mol. The molecule has 3 rings (SSSR count). The van der Waals surface area contributed by atoms with Gasteiger partial charge in [-0.05, 0) is 19.1 Å². The molecule has 2 aromatic rings. The van der Waals surface area contributed by atoms with Crippen molar-refractivity contribution in [1.29, 1.82) is 0 Å². The molecule has 1 nitrogen and oxygen atoms in total. The van der Waals surface area contributed by atoms with Crippen LogP contribution in [0, 0.1) is 0 Å². The van der Waals surface area contributed by atoms with Crippen LogP contribution in [-0.4, -0.2) is 12.6 Å². The van der Waals surface area contributed by atoms with Crippen LogP contribution in [0.5, 0.6) is 0 Å². The Morgan fingerprint density at radius 3 is 2.62 bits per heavy atom. The summed E-state index contributed by atoms with van der Waals surface area (Å²) in [5, 5.41) is 2.82. The lowest BCUT2D eigenvalue weighted by molar-refractivity contribution is 0.472. The van der Waals surface area contributed by atoms with E-state index in [1.807, 2.05) is 11.3 Å². The van der Waals surface area contributed by atoms with Gasteiger partial charge in [-0.2, -0.15) is 0 Å². The molecule has 0 spiro atoms. The molecule has 1 aliphatic heterocycles. The topological polar surface area (TPSA) is 3.01 Å². The minimum atomic E-state index is 0.158. The number of benzene rings is 1. The van der Waals surface area contributed by atoms with E-state index in [1.165, 1.54) is 25.5 Å². The summed E-state index contributed by atoms with van der Waals surface area (Å²) >= 11 is 1.92. The van der Waals surface area contributed by atoms with Crippen LogP contribution in [0.1, 0.15) is 20.8 Å². The molecule has 0 saturated heterocycles. The predicted molar refractivity (Wildman–Crippen MR) is 71.4 cm³/mol. The van der Waals surface area contributed by atoms with Crippen molar-refractivity contribution < 1.29 is 0 Å². The molecule has 0 amide bonds. The fourth-order valence-electron chi connectivity index (χ4n) is 2.43. The lowest BCUT2D eigenvalue weighted by Crippen LogP contribution is -2.40. The first-order valence-corrected chi connectivity index (χ1v) is 6.45. The Kier molecular flexibility index (Phi) is 1.85. The molecule has 1 aromatic heterocycles.